The van der Waals surface area contributed by atoms with Gasteiger partial charge in [0.15, 0.2) is 0 Å². The van der Waals surface area contributed by atoms with E-state index in [1.807, 2.05) is 6.92 Å². The van der Waals surface area contributed by atoms with Gasteiger partial charge in [-0.1, -0.05) is 219 Å². The van der Waals surface area contributed by atoms with Crippen molar-refractivity contribution >= 4 is 5.78 Å². The van der Waals surface area contributed by atoms with E-state index in [0.717, 1.165) is 19.3 Å². The minimum atomic E-state index is 0.441. The molecule has 0 aliphatic heterocycles. The predicted octanol–water partition coefficient (Wildman–Crippen LogP) is 14.2. The van der Waals surface area contributed by atoms with Crippen LogP contribution in [0.2, 0.25) is 0 Å². The van der Waals surface area contributed by atoms with Gasteiger partial charge >= 0.3 is 0 Å². The Balaban J connectivity index is 3.03. The standard InChI is InChI=1S/C38H76O/c1-3-5-6-7-8-9-10-11-12-13-14-15-16-17-18-19-20-21-22-23-24-25-26-27-28-29-30-31-32-33-34-35-36-37-38(39)4-2/h3-37H2,1-2H3. The first-order chi connectivity index (χ1) is 19.3. The van der Waals surface area contributed by atoms with Crippen molar-refractivity contribution in [1.29, 1.82) is 0 Å². The summed E-state index contributed by atoms with van der Waals surface area (Å²) in [5.41, 5.74) is 0. The van der Waals surface area contributed by atoms with Crippen molar-refractivity contribution in [3.63, 3.8) is 0 Å². The zero-order valence-corrected chi connectivity index (χ0v) is 27.7. The molecule has 1 heteroatoms. The summed E-state index contributed by atoms with van der Waals surface area (Å²) in [6.07, 6.45) is 49.2. The van der Waals surface area contributed by atoms with Gasteiger partial charge in [0.05, 0.1) is 0 Å². The normalized spacial score (nSPS) is 11.4. The average Bonchev–Trinajstić information content (AvgIpc) is 2.95. The molecule has 0 amide bonds. The van der Waals surface area contributed by atoms with Crippen molar-refractivity contribution in [2.24, 2.45) is 0 Å². The first kappa shape index (κ1) is 38.7. The Morgan fingerprint density at radius 2 is 0.462 bits per heavy atom. The molecular weight excluding hydrogens is 472 g/mol. The van der Waals surface area contributed by atoms with E-state index >= 15 is 0 Å². The number of hydrogen-bond acceptors (Lipinski definition) is 1. The lowest BCUT2D eigenvalue weighted by Gasteiger charge is -2.05. The molecule has 0 aromatic rings. The van der Waals surface area contributed by atoms with E-state index in [4.69, 9.17) is 0 Å². The minimum absolute atomic E-state index is 0.441. The topological polar surface area (TPSA) is 17.1 Å². The first-order valence-corrected chi connectivity index (χ1v) is 18.8. The summed E-state index contributed by atoms with van der Waals surface area (Å²) in [5.74, 6) is 0.441. The van der Waals surface area contributed by atoms with Crippen LogP contribution in [-0.4, -0.2) is 5.78 Å². The van der Waals surface area contributed by atoms with Crippen molar-refractivity contribution in [1.82, 2.24) is 0 Å². The summed E-state index contributed by atoms with van der Waals surface area (Å²) < 4.78 is 0. The van der Waals surface area contributed by atoms with Crippen LogP contribution in [0.5, 0.6) is 0 Å². The SMILES string of the molecule is CCCCCCCCCCCCCCCCCCCCCCCCCCCCCCCCCCCC(=O)CC. The number of carbonyl (C=O) groups excluding carboxylic acids is 1. The molecule has 0 aromatic heterocycles. The van der Waals surface area contributed by atoms with Crippen LogP contribution < -0.4 is 0 Å². The van der Waals surface area contributed by atoms with Crippen molar-refractivity contribution in [3.8, 4) is 0 Å². The zero-order valence-electron chi connectivity index (χ0n) is 27.7. The van der Waals surface area contributed by atoms with Gasteiger partial charge in [-0.3, -0.25) is 4.79 Å². The van der Waals surface area contributed by atoms with Crippen LogP contribution in [-0.2, 0) is 4.79 Å². The summed E-state index contributed by atoms with van der Waals surface area (Å²) in [7, 11) is 0. The van der Waals surface area contributed by atoms with Crippen molar-refractivity contribution in [2.75, 3.05) is 0 Å². The molecule has 0 heterocycles. The van der Waals surface area contributed by atoms with Crippen LogP contribution in [0.3, 0.4) is 0 Å². The highest BCUT2D eigenvalue weighted by molar-refractivity contribution is 5.77. The van der Waals surface area contributed by atoms with E-state index in [9.17, 15) is 4.79 Å². The summed E-state index contributed by atoms with van der Waals surface area (Å²) >= 11 is 0. The molecule has 1 nitrogen and oxygen atoms in total. The van der Waals surface area contributed by atoms with E-state index in [-0.39, 0.29) is 0 Å². The van der Waals surface area contributed by atoms with Gasteiger partial charge in [-0.2, -0.15) is 0 Å². The molecule has 0 rings (SSSR count). The third-order valence-electron chi connectivity index (χ3n) is 8.95. The largest absolute Gasteiger partial charge is 0.300 e. The highest BCUT2D eigenvalue weighted by Gasteiger charge is 1.99. The fourth-order valence-electron chi connectivity index (χ4n) is 6.05. The van der Waals surface area contributed by atoms with E-state index in [1.54, 1.807) is 0 Å². The number of hydrogen-bond donors (Lipinski definition) is 0. The predicted molar refractivity (Wildman–Crippen MR) is 178 cm³/mol. The number of rotatable bonds is 35. The molecule has 0 atom stereocenters. The Hall–Kier alpha value is -0.330. The summed E-state index contributed by atoms with van der Waals surface area (Å²) in [6.45, 7) is 4.28. The van der Waals surface area contributed by atoms with Gasteiger partial charge in [-0.15, -0.1) is 0 Å². The van der Waals surface area contributed by atoms with Crippen LogP contribution in [0.25, 0.3) is 0 Å². The van der Waals surface area contributed by atoms with Crippen molar-refractivity contribution < 1.29 is 4.79 Å². The summed E-state index contributed by atoms with van der Waals surface area (Å²) in [4.78, 5) is 11.3. The maximum atomic E-state index is 11.3. The van der Waals surface area contributed by atoms with Crippen molar-refractivity contribution in [2.45, 2.75) is 239 Å². The van der Waals surface area contributed by atoms with E-state index in [1.165, 1.54) is 205 Å². The molecule has 0 bridgehead atoms. The molecule has 0 aromatic carbocycles. The summed E-state index contributed by atoms with van der Waals surface area (Å²) in [6, 6.07) is 0. The van der Waals surface area contributed by atoms with Crippen LogP contribution in [0.1, 0.15) is 239 Å². The van der Waals surface area contributed by atoms with Gasteiger partial charge in [-0.05, 0) is 6.42 Å². The van der Waals surface area contributed by atoms with Gasteiger partial charge in [0.1, 0.15) is 5.78 Å². The highest BCUT2D eigenvalue weighted by atomic mass is 16.1. The molecule has 0 N–H and O–H groups in total. The maximum absolute atomic E-state index is 11.3. The van der Waals surface area contributed by atoms with Crippen LogP contribution in [0.15, 0.2) is 0 Å². The highest BCUT2D eigenvalue weighted by Crippen LogP contribution is 2.17. The minimum Gasteiger partial charge on any atom is -0.300 e. The molecule has 39 heavy (non-hydrogen) atoms. The number of ketones is 1. The third kappa shape index (κ3) is 35.6. The summed E-state index contributed by atoms with van der Waals surface area (Å²) in [5, 5.41) is 0. The second kappa shape index (κ2) is 35.7. The van der Waals surface area contributed by atoms with E-state index in [0.29, 0.717) is 5.78 Å². The smallest absolute Gasteiger partial charge is 0.132 e. The molecule has 0 unspecified atom stereocenters. The second-order valence-corrected chi connectivity index (χ2v) is 13.0. The molecule has 0 saturated heterocycles. The molecule has 0 radical (unpaired) electrons. The van der Waals surface area contributed by atoms with Crippen LogP contribution in [0.4, 0.5) is 0 Å². The molecule has 0 spiro atoms. The van der Waals surface area contributed by atoms with E-state index < -0.39 is 0 Å². The quantitative estimate of drug-likeness (QED) is 0.0720. The monoisotopic (exact) mass is 549 g/mol. The van der Waals surface area contributed by atoms with Gasteiger partial charge in [-0.25, -0.2) is 0 Å². The van der Waals surface area contributed by atoms with Crippen LogP contribution >= 0.6 is 0 Å². The first-order valence-electron chi connectivity index (χ1n) is 18.8. The average molecular weight is 549 g/mol. The lowest BCUT2D eigenvalue weighted by molar-refractivity contribution is -0.118. The lowest BCUT2D eigenvalue weighted by atomic mass is 10.0. The second-order valence-electron chi connectivity index (χ2n) is 13.0. The fraction of sp³-hybridized carbons (Fsp3) is 0.974. The Morgan fingerprint density at radius 3 is 0.641 bits per heavy atom. The van der Waals surface area contributed by atoms with Gasteiger partial charge in [0.2, 0.25) is 0 Å². The Morgan fingerprint density at radius 1 is 0.282 bits per heavy atom. The lowest BCUT2D eigenvalue weighted by Crippen LogP contribution is -1.94. The van der Waals surface area contributed by atoms with E-state index in [2.05, 4.69) is 6.92 Å². The van der Waals surface area contributed by atoms with Gasteiger partial charge < -0.3 is 0 Å². The molecule has 234 valence electrons. The number of Topliss-reactive ketones (excluding diaryl/α,β-unsaturated/α-hetero) is 1. The number of unbranched alkanes of at least 4 members (excludes halogenated alkanes) is 32. The Bertz CT molecular complexity index is 442. The number of carbonyl (C=O) groups is 1. The van der Waals surface area contributed by atoms with Crippen LogP contribution in [0, 0.1) is 0 Å². The molecular formula is C38H76O. The molecule has 0 aliphatic carbocycles. The molecule has 0 fully saturated rings. The molecule has 0 aliphatic rings. The fourth-order valence-corrected chi connectivity index (χ4v) is 6.05. The third-order valence-corrected chi connectivity index (χ3v) is 8.95. The maximum Gasteiger partial charge on any atom is 0.132 e. The Kier molecular flexibility index (Phi) is 35.4. The molecule has 0 saturated carbocycles. The zero-order chi connectivity index (χ0) is 28.3. The Labute approximate surface area is 248 Å². The van der Waals surface area contributed by atoms with Crippen molar-refractivity contribution in [3.05, 3.63) is 0 Å². The van der Waals surface area contributed by atoms with Gasteiger partial charge in [0, 0.05) is 12.8 Å². The van der Waals surface area contributed by atoms with Gasteiger partial charge in [0.25, 0.3) is 0 Å².